The van der Waals surface area contributed by atoms with Gasteiger partial charge in [0, 0.05) is 18.5 Å². The highest BCUT2D eigenvalue weighted by Crippen LogP contribution is 2.41. The lowest BCUT2D eigenvalue weighted by atomic mass is 9.94. The summed E-state index contributed by atoms with van der Waals surface area (Å²) in [6.45, 7) is 14.2. The number of aliphatic hydroxyl groups excluding tert-OH is 1. The monoisotopic (exact) mass is 534 g/mol. The average Bonchev–Trinajstić information content (AvgIpc) is 3.41. The maximum atomic E-state index is 13.5. The van der Waals surface area contributed by atoms with E-state index in [4.69, 9.17) is 9.47 Å². The van der Waals surface area contributed by atoms with Gasteiger partial charge >= 0.3 is 0 Å². The summed E-state index contributed by atoms with van der Waals surface area (Å²) in [6, 6.07) is 12.3. The molecular formula is C32H42N2O5. The van der Waals surface area contributed by atoms with Crippen molar-refractivity contribution in [1.82, 2.24) is 9.80 Å². The molecule has 1 saturated heterocycles. The minimum Gasteiger partial charge on any atom is -0.507 e. The quantitative estimate of drug-likeness (QED) is 0.217. The number of rotatable bonds is 12. The topological polar surface area (TPSA) is 79.3 Å². The molecule has 0 aromatic heterocycles. The molecule has 7 heteroatoms. The number of hydrogen-bond donors (Lipinski definition) is 1. The van der Waals surface area contributed by atoms with Gasteiger partial charge in [-0.25, -0.2) is 0 Å². The maximum absolute atomic E-state index is 13.5. The number of carbonyl (C=O) groups is 2. The Kier molecular flexibility index (Phi) is 9.33. The van der Waals surface area contributed by atoms with Crippen molar-refractivity contribution in [2.24, 2.45) is 5.92 Å². The Balaban J connectivity index is 1.71. The second kappa shape index (κ2) is 12.7. The molecule has 0 saturated carbocycles. The largest absolute Gasteiger partial charge is 0.507 e. The van der Waals surface area contributed by atoms with E-state index in [0.29, 0.717) is 30.4 Å². The molecule has 0 bridgehead atoms. The third-order valence-electron chi connectivity index (χ3n) is 7.61. The molecule has 2 aromatic carbocycles. The first kappa shape index (κ1) is 28.7. The first-order valence-electron chi connectivity index (χ1n) is 14.3. The Morgan fingerprint density at radius 3 is 2.64 bits per heavy atom. The number of carbonyl (C=O) groups excluding carboxylic acids is 2. The summed E-state index contributed by atoms with van der Waals surface area (Å²) in [5.74, 6) is 0.607. The molecule has 0 spiro atoms. The van der Waals surface area contributed by atoms with Crippen LogP contribution in [0.15, 0.2) is 48.0 Å². The van der Waals surface area contributed by atoms with Gasteiger partial charge in [-0.2, -0.15) is 0 Å². The van der Waals surface area contributed by atoms with Gasteiger partial charge in [-0.3, -0.25) is 9.59 Å². The van der Waals surface area contributed by atoms with Crippen LogP contribution in [0.5, 0.6) is 11.5 Å². The van der Waals surface area contributed by atoms with Gasteiger partial charge in [-0.15, -0.1) is 0 Å². The molecule has 1 fully saturated rings. The summed E-state index contributed by atoms with van der Waals surface area (Å²) in [7, 11) is 0. The number of amides is 1. The molecule has 2 aliphatic heterocycles. The molecule has 7 nitrogen and oxygen atoms in total. The number of Topliss-reactive ketones (excluding diaryl/α,β-unsaturated/α-hetero) is 1. The van der Waals surface area contributed by atoms with Crippen molar-refractivity contribution in [1.29, 1.82) is 0 Å². The number of ketones is 1. The van der Waals surface area contributed by atoms with E-state index in [1.54, 1.807) is 11.0 Å². The molecule has 0 aliphatic carbocycles. The van der Waals surface area contributed by atoms with Crippen LogP contribution in [0.4, 0.5) is 0 Å². The molecule has 2 atom stereocenters. The first-order valence-corrected chi connectivity index (χ1v) is 14.3. The zero-order chi connectivity index (χ0) is 28.1. The molecule has 39 heavy (non-hydrogen) atoms. The zero-order valence-electron chi connectivity index (χ0n) is 23.9. The number of hydrogen-bond acceptors (Lipinski definition) is 6. The summed E-state index contributed by atoms with van der Waals surface area (Å²) in [5.41, 5.74) is 2.37. The van der Waals surface area contributed by atoms with Crippen LogP contribution < -0.4 is 9.47 Å². The number of fused-ring (bicyclic) bond motifs is 1. The van der Waals surface area contributed by atoms with Crippen molar-refractivity contribution in [3.63, 3.8) is 0 Å². The molecule has 2 unspecified atom stereocenters. The van der Waals surface area contributed by atoms with Gasteiger partial charge in [0.05, 0.1) is 18.2 Å². The standard InChI is InChI=1S/C32H42N2O5/c1-6-33(7-2)15-9-16-34-29(23-10-8-11-26(20-23)38-17-14-21(3)4)28(31(36)32(34)37)30(35)24-12-13-27-25(19-24)18-22(5)39-27/h8,10-13,19-22,29,35H,6-7,9,14-18H2,1-5H3/b30-28-. The predicted molar refractivity (Wildman–Crippen MR) is 153 cm³/mol. The summed E-state index contributed by atoms with van der Waals surface area (Å²) >= 11 is 0. The number of nitrogens with zero attached hydrogens (tertiary/aromatic N) is 2. The van der Waals surface area contributed by atoms with E-state index in [9.17, 15) is 14.7 Å². The fraction of sp³-hybridized carbons (Fsp3) is 0.500. The van der Waals surface area contributed by atoms with Crippen LogP contribution in [-0.4, -0.2) is 65.5 Å². The lowest BCUT2D eigenvalue weighted by molar-refractivity contribution is -0.140. The predicted octanol–water partition coefficient (Wildman–Crippen LogP) is 5.59. The molecule has 2 heterocycles. The Bertz CT molecular complexity index is 1220. The Hall–Kier alpha value is -3.32. The van der Waals surface area contributed by atoms with E-state index < -0.39 is 17.7 Å². The van der Waals surface area contributed by atoms with Gasteiger partial charge in [0.2, 0.25) is 0 Å². The zero-order valence-corrected chi connectivity index (χ0v) is 23.9. The summed E-state index contributed by atoms with van der Waals surface area (Å²) in [6.07, 6.45) is 2.45. The van der Waals surface area contributed by atoms with Gasteiger partial charge in [-0.1, -0.05) is 39.8 Å². The van der Waals surface area contributed by atoms with Crippen LogP contribution in [0.2, 0.25) is 0 Å². The molecule has 4 rings (SSSR count). The Labute approximate surface area is 232 Å². The summed E-state index contributed by atoms with van der Waals surface area (Å²) in [5, 5.41) is 11.5. The van der Waals surface area contributed by atoms with E-state index in [1.807, 2.05) is 43.3 Å². The van der Waals surface area contributed by atoms with Gasteiger partial charge in [-0.05, 0) is 86.8 Å². The summed E-state index contributed by atoms with van der Waals surface area (Å²) in [4.78, 5) is 30.8. The molecular weight excluding hydrogens is 492 g/mol. The minimum atomic E-state index is -0.696. The number of likely N-dealkylation sites (tertiary alicyclic amines) is 1. The van der Waals surface area contributed by atoms with E-state index in [1.165, 1.54) is 0 Å². The molecule has 1 N–H and O–H groups in total. The van der Waals surface area contributed by atoms with Crippen molar-refractivity contribution >= 4 is 17.4 Å². The van der Waals surface area contributed by atoms with Gasteiger partial charge in [0.1, 0.15) is 23.4 Å². The van der Waals surface area contributed by atoms with Gasteiger partial charge in [0.15, 0.2) is 0 Å². The van der Waals surface area contributed by atoms with Crippen LogP contribution >= 0.6 is 0 Å². The molecule has 1 amide bonds. The molecule has 2 aliphatic rings. The SMILES string of the molecule is CCN(CC)CCCN1C(=O)C(=O)/C(=C(\O)c2ccc3c(c2)CC(C)O3)C1c1cccc(OCCC(C)C)c1. The second-order valence-corrected chi connectivity index (χ2v) is 10.9. The highest BCUT2D eigenvalue weighted by molar-refractivity contribution is 6.46. The van der Waals surface area contributed by atoms with E-state index in [0.717, 1.165) is 55.8 Å². The fourth-order valence-electron chi connectivity index (χ4n) is 5.37. The maximum Gasteiger partial charge on any atom is 0.295 e. The lowest BCUT2D eigenvalue weighted by Gasteiger charge is -2.27. The highest BCUT2D eigenvalue weighted by atomic mass is 16.5. The third kappa shape index (κ3) is 6.47. The second-order valence-electron chi connectivity index (χ2n) is 10.9. The Morgan fingerprint density at radius 2 is 1.92 bits per heavy atom. The summed E-state index contributed by atoms with van der Waals surface area (Å²) < 4.78 is 11.8. The van der Waals surface area contributed by atoms with Crippen molar-refractivity contribution in [3.05, 3.63) is 64.7 Å². The van der Waals surface area contributed by atoms with Gasteiger partial charge < -0.3 is 24.4 Å². The van der Waals surface area contributed by atoms with E-state index >= 15 is 0 Å². The third-order valence-corrected chi connectivity index (χ3v) is 7.61. The van der Waals surface area contributed by atoms with Crippen LogP contribution in [0, 0.1) is 5.92 Å². The van der Waals surface area contributed by atoms with Crippen LogP contribution in [0.3, 0.4) is 0 Å². The molecule has 210 valence electrons. The smallest absolute Gasteiger partial charge is 0.295 e. The van der Waals surface area contributed by atoms with Crippen molar-refractivity contribution in [2.75, 3.05) is 32.8 Å². The van der Waals surface area contributed by atoms with Crippen molar-refractivity contribution in [2.45, 2.75) is 66.0 Å². The van der Waals surface area contributed by atoms with Gasteiger partial charge in [0.25, 0.3) is 11.7 Å². The first-order chi connectivity index (χ1) is 18.7. The average molecular weight is 535 g/mol. The number of aliphatic hydroxyl groups is 1. The molecule has 2 aromatic rings. The van der Waals surface area contributed by atoms with Crippen molar-refractivity contribution in [3.8, 4) is 11.5 Å². The van der Waals surface area contributed by atoms with E-state index in [2.05, 4.69) is 32.6 Å². The normalized spacial score (nSPS) is 20.1. The number of benzene rings is 2. The van der Waals surface area contributed by atoms with E-state index in [-0.39, 0.29) is 17.4 Å². The molecule has 0 radical (unpaired) electrons. The van der Waals surface area contributed by atoms with Crippen LogP contribution in [-0.2, 0) is 16.0 Å². The highest BCUT2D eigenvalue weighted by Gasteiger charge is 2.46. The minimum absolute atomic E-state index is 0.0622. The lowest BCUT2D eigenvalue weighted by Crippen LogP contribution is -2.33. The number of ether oxygens (including phenoxy) is 2. The van der Waals surface area contributed by atoms with Crippen molar-refractivity contribution < 1.29 is 24.2 Å². The van der Waals surface area contributed by atoms with Crippen LogP contribution in [0.1, 0.15) is 70.2 Å². The van der Waals surface area contributed by atoms with Crippen LogP contribution in [0.25, 0.3) is 5.76 Å². The fourth-order valence-corrected chi connectivity index (χ4v) is 5.37. The Morgan fingerprint density at radius 1 is 1.15 bits per heavy atom.